The highest BCUT2D eigenvalue weighted by molar-refractivity contribution is 7.89. The smallest absolute Gasteiger partial charge is 0.275 e. The number of rotatable bonds is 7. The van der Waals surface area contributed by atoms with Crippen LogP contribution in [0.3, 0.4) is 0 Å². The number of carbonyl (C=O) groups is 1. The van der Waals surface area contributed by atoms with Crippen LogP contribution < -0.4 is 15.0 Å². The Kier molecular flexibility index (Phi) is 6.89. The minimum Gasteiger partial charge on any atom is -0.497 e. The largest absolute Gasteiger partial charge is 0.497 e. The number of piperazine rings is 1. The molecule has 2 N–H and O–H groups in total. The lowest BCUT2D eigenvalue weighted by Crippen LogP contribution is -3.15. The lowest BCUT2D eigenvalue weighted by atomic mass is 10.1. The SMILES string of the molecule is COc1ccc(S(=O)(=O)N2CC[NH+](CC(=O)N[C@@H](C)c3ccccc3)CC2)cc1. The van der Waals surface area contributed by atoms with Crippen LogP contribution in [0.15, 0.2) is 59.5 Å². The number of hydrogen-bond acceptors (Lipinski definition) is 4. The molecule has 3 rings (SSSR count). The van der Waals surface area contributed by atoms with Crippen LogP contribution in [0, 0.1) is 0 Å². The fourth-order valence-corrected chi connectivity index (χ4v) is 4.90. The first-order chi connectivity index (χ1) is 13.9. The third-order valence-electron chi connectivity index (χ3n) is 5.21. The molecule has 29 heavy (non-hydrogen) atoms. The van der Waals surface area contributed by atoms with Crippen molar-refractivity contribution in [3.05, 3.63) is 60.2 Å². The van der Waals surface area contributed by atoms with E-state index in [1.807, 2.05) is 37.3 Å². The Balaban J connectivity index is 1.51. The van der Waals surface area contributed by atoms with Crippen molar-refractivity contribution in [2.45, 2.75) is 17.9 Å². The molecule has 1 saturated heterocycles. The Hall–Kier alpha value is -2.42. The zero-order valence-corrected chi connectivity index (χ0v) is 17.6. The second-order valence-corrected chi connectivity index (χ2v) is 9.14. The number of nitrogens with zero attached hydrogens (tertiary/aromatic N) is 1. The summed E-state index contributed by atoms with van der Waals surface area (Å²) in [6.45, 7) is 4.29. The summed E-state index contributed by atoms with van der Waals surface area (Å²) < 4.78 is 32.2. The van der Waals surface area contributed by atoms with E-state index in [4.69, 9.17) is 4.74 Å². The zero-order valence-electron chi connectivity index (χ0n) is 16.8. The second-order valence-electron chi connectivity index (χ2n) is 7.21. The summed E-state index contributed by atoms with van der Waals surface area (Å²) >= 11 is 0. The van der Waals surface area contributed by atoms with E-state index in [-0.39, 0.29) is 16.8 Å². The molecule has 8 heteroatoms. The van der Waals surface area contributed by atoms with Gasteiger partial charge in [0.2, 0.25) is 10.0 Å². The van der Waals surface area contributed by atoms with Crippen LogP contribution in [0.1, 0.15) is 18.5 Å². The van der Waals surface area contributed by atoms with Gasteiger partial charge < -0.3 is 15.0 Å². The summed E-state index contributed by atoms with van der Waals surface area (Å²) in [5, 5.41) is 3.02. The number of benzene rings is 2. The third kappa shape index (κ3) is 5.35. The normalized spacial score (nSPS) is 16.9. The van der Waals surface area contributed by atoms with Gasteiger partial charge in [-0.25, -0.2) is 8.42 Å². The molecule has 1 fully saturated rings. The highest BCUT2D eigenvalue weighted by Gasteiger charge is 2.31. The number of sulfonamides is 1. The number of nitrogens with one attached hydrogen (secondary N) is 2. The lowest BCUT2D eigenvalue weighted by molar-refractivity contribution is -0.895. The quantitative estimate of drug-likeness (QED) is 0.685. The van der Waals surface area contributed by atoms with Crippen molar-refractivity contribution in [2.24, 2.45) is 0 Å². The molecular weight excluding hydrogens is 390 g/mol. The summed E-state index contributed by atoms with van der Waals surface area (Å²) in [5.74, 6) is 0.594. The van der Waals surface area contributed by atoms with Crippen molar-refractivity contribution in [2.75, 3.05) is 39.8 Å². The van der Waals surface area contributed by atoms with E-state index in [9.17, 15) is 13.2 Å². The van der Waals surface area contributed by atoms with Gasteiger partial charge in [0.1, 0.15) is 5.75 Å². The van der Waals surface area contributed by atoms with E-state index in [0.717, 1.165) is 10.5 Å². The van der Waals surface area contributed by atoms with Gasteiger partial charge in [-0.15, -0.1) is 0 Å². The van der Waals surface area contributed by atoms with Gasteiger partial charge in [-0.05, 0) is 36.8 Å². The van der Waals surface area contributed by atoms with E-state index < -0.39 is 10.0 Å². The highest BCUT2D eigenvalue weighted by atomic mass is 32.2. The highest BCUT2D eigenvalue weighted by Crippen LogP contribution is 2.19. The number of carbonyl (C=O) groups excluding carboxylic acids is 1. The average Bonchev–Trinajstić information content (AvgIpc) is 2.74. The van der Waals surface area contributed by atoms with Crippen molar-refractivity contribution in [1.82, 2.24) is 9.62 Å². The number of methoxy groups -OCH3 is 1. The van der Waals surface area contributed by atoms with Gasteiger partial charge in [0.15, 0.2) is 6.54 Å². The molecule has 156 valence electrons. The van der Waals surface area contributed by atoms with Crippen molar-refractivity contribution < 1.29 is 22.8 Å². The van der Waals surface area contributed by atoms with E-state index in [1.54, 1.807) is 31.4 Å². The zero-order chi connectivity index (χ0) is 20.9. The lowest BCUT2D eigenvalue weighted by Gasteiger charge is -2.31. The Labute approximate surface area is 172 Å². The summed E-state index contributed by atoms with van der Waals surface area (Å²) in [5.41, 5.74) is 1.06. The predicted molar refractivity (Wildman–Crippen MR) is 110 cm³/mol. The van der Waals surface area contributed by atoms with Crippen LogP contribution in [0.5, 0.6) is 5.75 Å². The van der Waals surface area contributed by atoms with E-state index in [0.29, 0.717) is 38.5 Å². The molecule has 0 spiro atoms. The summed E-state index contributed by atoms with van der Waals surface area (Å²) in [6.07, 6.45) is 0. The minimum atomic E-state index is -3.53. The number of ether oxygens (including phenoxy) is 1. The Morgan fingerprint density at radius 1 is 1.10 bits per heavy atom. The monoisotopic (exact) mass is 418 g/mol. The number of quaternary nitrogens is 1. The molecule has 1 aliphatic heterocycles. The molecule has 1 amide bonds. The van der Waals surface area contributed by atoms with Crippen LogP contribution in [0.4, 0.5) is 0 Å². The fraction of sp³-hybridized carbons (Fsp3) is 0.381. The van der Waals surface area contributed by atoms with Crippen molar-refractivity contribution in [1.29, 1.82) is 0 Å². The molecule has 0 bridgehead atoms. The topological polar surface area (TPSA) is 80.2 Å². The van der Waals surface area contributed by atoms with Crippen LogP contribution in [-0.4, -0.2) is 58.5 Å². The fourth-order valence-electron chi connectivity index (χ4n) is 3.46. The molecule has 0 radical (unpaired) electrons. The first-order valence-electron chi connectivity index (χ1n) is 9.72. The number of hydrogen-bond donors (Lipinski definition) is 2. The molecular formula is C21H28N3O4S+. The molecule has 2 aromatic rings. The molecule has 0 aliphatic carbocycles. The molecule has 1 aliphatic rings. The summed E-state index contributed by atoms with van der Waals surface area (Å²) in [6, 6.07) is 16.2. The van der Waals surface area contributed by atoms with E-state index >= 15 is 0 Å². The third-order valence-corrected chi connectivity index (χ3v) is 7.13. The average molecular weight is 419 g/mol. The van der Waals surface area contributed by atoms with Gasteiger partial charge in [-0.2, -0.15) is 4.31 Å². The standard InChI is InChI=1S/C21H27N3O4S/c1-17(18-6-4-3-5-7-18)22-21(25)16-23-12-14-24(15-13-23)29(26,27)20-10-8-19(28-2)9-11-20/h3-11,17H,12-16H2,1-2H3,(H,22,25)/p+1/t17-/m0/s1. The first kappa shape index (κ1) is 21.3. The van der Waals surface area contributed by atoms with Crippen LogP contribution in [-0.2, 0) is 14.8 Å². The molecule has 7 nitrogen and oxygen atoms in total. The van der Waals surface area contributed by atoms with Crippen LogP contribution >= 0.6 is 0 Å². The molecule has 1 heterocycles. The second kappa shape index (κ2) is 9.39. The van der Waals surface area contributed by atoms with Gasteiger partial charge in [0, 0.05) is 0 Å². The number of amides is 1. The maximum absolute atomic E-state index is 12.8. The van der Waals surface area contributed by atoms with Crippen molar-refractivity contribution in [3.8, 4) is 5.75 Å². The first-order valence-corrected chi connectivity index (χ1v) is 11.2. The Morgan fingerprint density at radius 3 is 2.31 bits per heavy atom. The maximum Gasteiger partial charge on any atom is 0.275 e. The summed E-state index contributed by atoms with van der Waals surface area (Å²) in [4.78, 5) is 13.7. The summed E-state index contributed by atoms with van der Waals surface area (Å²) in [7, 11) is -1.99. The molecule has 2 aromatic carbocycles. The van der Waals surface area contributed by atoms with Crippen LogP contribution in [0.25, 0.3) is 0 Å². The minimum absolute atomic E-state index is 0.0252. The van der Waals surface area contributed by atoms with E-state index in [1.165, 1.54) is 4.31 Å². The van der Waals surface area contributed by atoms with Gasteiger partial charge >= 0.3 is 0 Å². The van der Waals surface area contributed by atoms with Gasteiger partial charge in [0.05, 0.1) is 44.2 Å². The van der Waals surface area contributed by atoms with Crippen molar-refractivity contribution >= 4 is 15.9 Å². The Bertz CT molecular complexity index is 909. The molecule has 1 atom stereocenters. The molecule has 0 aromatic heterocycles. The van der Waals surface area contributed by atoms with Gasteiger partial charge in [-0.3, -0.25) is 4.79 Å². The maximum atomic E-state index is 12.8. The predicted octanol–water partition coefficient (Wildman–Crippen LogP) is 0.462. The molecule has 0 unspecified atom stereocenters. The van der Waals surface area contributed by atoms with Crippen LogP contribution in [0.2, 0.25) is 0 Å². The van der Waals surface area contributed by atoms with Gasteiger partial charge in [0.25, 0.3) is 5.91 Å². The van der Waals surface area contributed by atoms with Gasteiger partial charge in [-0.1, -0.05) is 30.3 Å². The van der Waals surface area contributed by atoms with Crippen molar-refractivity contribution in [3.63, 3.8) is 0 Å². The van der Waals surface area contributed by atoms with E-state index in [2.05, 4.69) is 5.32 Å². The Morgan fingerprint density at radius 2 is 1.72 bits per heavy atom. The molecule has 0 saturated carbocycles.